The van der Waals surface area contributed by atoms with Gasteiger partial charge in [-0.15, -0.1) is 0 Å². The molecule has 0 radical (unpaired) electrons. The quantitative estimate of drug-likeness (QED) is 0.786. The number of nitrogens with one attached hydrogen (secondary N) is 2. The maximum absolute atomic E-state index is 12.8. The van der Waals surface area contributed by atoms with Gasteiger partial charge in [-0.05, 0) is 75.9 Å². The van der Waals surface area contributed by atoms with Crippen LogP contribution >= 0.6 is 0 Å². The summed E-state index contributed by atoms with van der Waals surface area (Å²) in [6.07, 6.45) is 6.76. The van der Waals surface area contributed by atoms with Gasteiger partial charge in [-0.2, -0.15) is 5.10 Å². The first kappa shape index (κ1) is 20.0. The van der Waals surface area contributed by atoms with Gasteiger partial charge in [0.2, 0.25) is 5.91 Å². The van der Waals surface area contributed by atoms with Gasteiger partial charge >= 0.3 is 0 Å². The molecule has 0 bridgehead atoms. The fourth-order valence-corrected chi connectivity index (χ4v) is 4.94. The zero-order valence-electron chi connectivity index (χ0n) is 17.5. The number of rotatable bonds is 6. The highest BCUT2D eigenvalue weighted by molar-refractivity contribution is 5.81. The highest BCUT2D eigenvalue weighted by atomic mass is 16.5. The average Bonchev–Trinajstić information content (AvgIpc) is 3.12. The van der Waals surface area contributed by atoms with E-state index in [9.17, 15) is 4.79 Å². The molecule has 1 aromatic heterocycles. The third-order valence-corrected chi connectivity index (χ3v) is 6.56. The van der Waals surface area contributed by atoms with Crippen molar-refractivity contribution in [3.63, 3.8) is 0 Å². The fraction of sp³-hybridized carbons (Fsp3) is 0.565. The van der Waals surface area contributed by atoms with E-state index >= 15 is 0 Å². The van der Waals surface area contributed by atoms with Crippen LogP contribution in [0.5, 0.6) is 5.75 Å². The van der Waals surface area contributed by atoms with Crippen LogP contribution in [0.15, 0.2) is 24.3 Å². The van der Waals surface area contributed by atoms with Crippen molar-refractivity contribution in [3.05, 3.63) is 35.5 Å². The summed E-state index contributed by atoms with van der Waals surface area (Å²) in [5.41, 5.74) is 3.75. The topological polar surface area (TPSA) is 70.2 Å². The molecule has 3 heterocycles. The number of carbonyl (C=O) groups is 1. The summed E-state index contributed by atoms with van der Waals surface area (Å²) in [7, 11) is 1.66. The van der Waals surface area contributed by atoms with E-state index in [0.29, 0.717) is 18.4 Å². The maximum atomic E-state index is 12.8. The monoisotopic (exact) mass is 396 g/mol. The van der Waals surface area contributed by atoms with E-state index in [0.717, 1.165) is 34.8 Å². The molecule has 156 valence electrons. The number of hydrogen-bond donors (Lipinski definition) is 2. The van der Waals surface area contributed by atoms with Crippen LogP contribution in [-0.4, -0.2) is 53.8 Å². The van der Waals surface area contributed by atoms with E-state index in [1.54, 1.807) is 7.11 Å². The Hall–Kier alpha value is -2.34. The molecule has 2 aromatic rings. The summed E-state index contributed by atoms with van der Waals surface area (Å²) in [6, 6.07) is 8.46. The summed E-state index contributed by atoms with van der Waals surface area (Å²) in [5, 5.41) is 10.7. The maximum Gasteiger partial charge on any atom is 0.224 e. The highest BCUT2D eigenvalue weighted by Gasteiger charge is 2.33. The van der Waals surface area contributed by atoms with Crippen LogP contribution in [0, 0.1) is 12.8 Å². The lowest BCUT2D eigenvalue weighted by Crippen LogP contribution is -2.51. The van der Waals surface area contributed by atoms with Crippen molar-refractivity contribution in [1.82, 2.24) is 20.4 Å². The van der Waals surface area contributed by atoms with Crippen LogP contribution in [-0.2, 0) is 11.2 Å². The van der Waals surface area contributed by atoms with Gasteiger partial charge in [-0.25, -0.2) is 0 Å². The Bertz CT molecular complexity index is 828. The highest BCUT2D eigenvalue weighted by Crippen LogP contribution is 2.30. The normalized spacial score (nSPS) is 22.1. The van der Waals surface area contributed by atoms with Crippen LogP contribution in [0.2, 0.25) is 0 Å². The molecule has 6 heteroatoms. The first-order valence-electron chi connectivity index (χ1n) is 10.8. The lowest BCUT2D eigenvalue weighted by Gasteiger charge is -2.44. The number of fused-ring (bicyclic) bond motifs is 1. The van der Waals surface area contributed by atoms with E-state index in [1.165, 1.54) is 45.2 Å². The molecule has 2 fully saturated rings. The molecule has 2 atom stereocenters. The first-order valence-corrected chi connectivity index (χ1v) is 10.8. The van der Waals surface area contributed by atoms with E-state index < -0.39 is 0 Å². The molecule has 2 aliphatic heterocycles. The lowest BCUT2D eigenvalue weighted by molar-refractivity contribution is -0.120. The number of aromatic nitrogens is 2. The minimum Gasteiger partial charge on any atom is -0.497 e. The van der Waals surface area contributed by atoms with Gasteiger partial charge in [0.25, 0.3) is 0 Å². The molecule has 4 rings (SSSR count). The zero-order chi connectivity index (χ0) is 20.2. The molecule has 0 saturated carbocycles. The van der Waals surface area contributed by atoms with Gasteiger partial charge in [0.05, 0.1) is 19.2 Å². The number of aryl methyl sites for hydroxylation is 1. The largest absolute Gasteiger partial charge is 0.497 e. The second kappa shape index (κ2) is 8.99. The van der Waals surface area contributed by atoms with Gasteiger partial charge in [0.1, 0.15) is 5.75 Å². The molecule has 2 N–H and O–H groups in total. The molecule has 0 aliphatic carbocycles. The van der Waals surface area contributed by atoms with Gasteiger partial charge in [-0.1, -0.05) is 6.42 Å². The number of carbonyl (C=O) groups excluding carboxylic acids is 1. The zero-order valence-corrected chi connectivity index (χ0v) is 17.5. The number of aromatic amines is 1. The Labute approximate surface area is 173 Å². The van der Waals surface area contributed by atoms with E-state index in [-0.39, 0.29) is 5.91 Å². The van der Waals surface area contributed by atoms with Crippen molar-refractivity contribution >= 4 is 5.91 Å². The Morgan fingerprint density at radius 3 is 2.79 bits per heavy atom. The molecule has 2 saturated heterocycles. The molecule has 0 unspecified atom stereocenters. The standard InChI is InChI=1S/C23H32N4O2/c1-16-20(23(26-25-16)17-8-10-19(29-2)11-9-17)14-22(28)24-15-18-6-5-13-27-12-4-3-7-21(18)27/h8-11,18,21H,3-7,12-15H2,1-2H3,(H,24,28)(H,25,26)/t18-,21+/m0/s1. The summed E-state index contributed by atoms with van der Waals surface area (Å²) in [5.74, 6) is 1.47. The second-order valence-corrected chi connectivity index (χ2v) is 8.39. The summed E-state index contributed by atoms with van der Waals surface area (Å²) >= 11 is 0. The Morgan fingerprint density at radius 1 is 1.21 bits per heavy atom. The molecular formula is C23H32N4O2. The number of piperidine rings is 2. The van der Waals surface area contributed by atoms with Crippen LogP contribution in [0.4, 0.5) is 0 Å². The average molecular weight is 397 g/mol. The van der Waals surface area contributed by atoms with Crippen molar-refractivity contribution in [3.8, 4) is 17.0 Å². The number of nitrogens with zero attached hydrogens (tertiary/aromatic N) is 2. The smallest absolute Gasteiger partial charge is 0.224 e. The van der Waals surface area contributed by atoms with Crippen molar-refractivity contribution in [1.29, 1.82) is 0 Å². The number of methoxy groups -OCH3 is 1. The Morgan fingerprint density at radius 2 is 2.00 bits per heavy atom. The molecule has 1 amide bonds. The van der Waals surface area contributed by atoms with Crippen LogP contribution < -0.4 is 10.1 Å². The minimum atomic E-state index is 0.0807. The number of hydrogen-bond acceptors (Lipinski definition) is 4. The molecule has 0 spiro atoms. The Kier molecular flexibility index (Phi) is 6.19. The van der Waals surface area contributed by atoms with Crippen LogP contribution in [0.3, 0.4) is 0 Å². The predicted molar refractivity (Wildman–Crippen MR) is 114 cm³/mol. The summed E-state index contributed by atoms with van der Waals surface area (Å²) < 4.78 is 5.24. The third-order valence-electron chi connectivity index (χ3n) is 6.56. The van der Waals surface area contributed by atoms with Gasteiger partial charge in [0.15, 0.2) is 0 Å². The van der Waals surface area contributed by atoms with Crippen LogP contribution in [0.1, 0.15) is 43.4 Å². The molecular weight excluding hydrogens is 364 g/mol. The van der Waals surface area contributed by atoms with E-state index in [2.05, 4.69) is 20.4 Å². The molecule has 2 aliphatic rings. The van der Waals surface area contributed by atoms with Gasteiger partial charge in [0, 0.05) is 29.4 Å². The SMILES string of the molecule is COc1ccc(-c2n[nH]c(C)c2CC(=O)NC[C@@H]2CCCN3CCCC[C@H]23)cc1. The lowest BCUT2D eigenvalue weighted by atomic mass is 9.83. The van der Waals surface area contributed by atoms with E-state index in [4.69, 9.17) is 4.74 Å². The van der Waals surface area contributed by atoms with Crippen molar-refractivity contribution in [2.75, 3.05) is 26.7 Å². The number of ether oxygens (including phenoxy) is 1. The van der Waals surface area contributed by atoms with Crippen molar-refractivity contribution in [2.45, 2.75) is 51.5 Å². The predicted octanol–water partition coefficient (Wildman–Crippen LogP) is 3.32. The third kappa shape index (κ3) is 4.47. The second-order valence-electron chi connectivity index (χ2n) is 8.39. The molecule has 1 aromatic carbocycles. The number of benzene rings is 1. The van der Waals surface area contributed by atoms with Crippen molar-refractivity contribution < 1.29 is 9.53 Å². The number of amides is 1. The van der Waals surface area contributed by atoms with Gasteiger partial charge in [-0.3, -0.25) is 9.89 Å². The summed E-state index contributed by atoms with van der Waals surface area (Å²) in [6.45, 7) is 5.22. The minimum absolute atomic E-state index is 0.0807. The molecule has 6 nitrogen and oxygen atoms in total. The van der Waals surface area contributed by atoms with E-state index in [1.807, 2.05) is 31.2 Å². The first-order chi connectivity index (χ1) is 14.2. The molecule has 29 heavy (non-hydrogen) atoms. The van der Waals surface area contributed by atoms with Crippen LogP contribution in [0.25, 0.3) is 11.3 Å². The fourth-order valence-electron chi connectivity index (χ4n) is 4.94. The Balaban J connectivity index is 1.39. The van der Waals surface area contributed by atoms with Gasteiger partial charge < -0.3 is 15.0 Å². The summed E-state index contributed by atoms with van der Waals surface area (Å²) in [4.78, 5) is 15.4. The van der Waals surface area contributed by atoms with Crippen molar-refractivity contribution in [2.24, 2.45) is 5.92 Å². The number of H-pyrrole nitrogens is 1.